The van der Waals surface area contributed by atoms with E-state index in [1.54, 1.807) is 14.2 Å². The third-order valence-corrected chi connectivity index (χ3v) is 3.55. The minimum absolute atomic E-state index is 0.110. The van der Waals surface area contributed by atoms with Crippen molar-refractivity contribution in [2.75, 3.05) is 14.2 Å². The largest absolute Gasteiger partial charge is 0.496 e. The van der Waals surface area contributed by atoms with Crippen LogP contribution in [0.25, 0.3) is 0 Å². The van der Waals surface area contributed by atoms with Gasteiger partial charge in [0.05, 0.1) is 14.2 Å². The minimum Gasteiger partial charge on any atom is -0.496 e. The lowest BCUT2D eigenvalue weighted by Crippen LogP contribution is -2.23. The number of hydrogen-bond donors (Lipinski definition) is 1. The van der Waals surface area contributed by atoms with Crippen LogP contribution in [-0.4, -0.2) is 20.1 Å². The van der Waals surface area contributed by atoms with E-state index in [4.69, 9.17) is 9.47 Å². The second kappa shape index (κ2) is 6.98. The fourth-order valence-corrected chi connectivity index (χ4v) is 2.23. The predicted molar refractivity (Wildman–Crippen MR) is 86.6 cm³/mol. The third kappa shape index (κ3) is 3.58. The summed E-state index contributed by atoms with van der Waals surface area (Å²) in [6.45, 7) is 4.33. The molecule has 2 rings (SSSR count). The second-order valence-corrected chi connectivity index (χ2v) is 5.18. The molecular formula is C18H21NO3. The minimum atomic E-state index is -0.110. The van der Waals surface area contributed by atoms with Gasteiger partial charge in [0.2, 0.25) is 0 Å². The molecular weight excluding hydrogens is 278 g/mol. The number of ether oxygens (including phenoxy) is 2. The van der Waals surface area contributed by atoms with Crippen LogP contribution in [-0.2, 0) is 6.54 Å². The molecule has 2 aromatic rings. The van der Waals surface area contributed by atoms with Gasteiger partial charge in [-0.25, -0.2) is 0 Å². The molecule has 0 aliphatic heterocycles. The molecule has 0 fully saturated rings. The third-order valence-electron chi connectivity index (χ3n) is 3.55. The Hall–Kier alpha value is -2.49. The van der Waals surface area contributed by atoms with E-state index in [0.717, 1.165) is 28.2 Å². The van der Waals surface area contributed by atoms with E-state index in [1.165, 1.54) is 0 Å². The molecule has 0 saturated heterocycles. The molecule has 0 aliphatic carbocycles. The highest BCUT2D eigenvalue weighted by Crippen LogP contribution is 2.28. The Morgan fingerprint density at radius 1 is 1.00 bits per heavy atom. The molecule has 4 heteroatoms. The molecule has 2 aromatic carbocycles. The Bertz CT molecular complexity index is 663. The molecule has 1 amide bonds. The van der Waals surface area contributed by atoms with Crippen LogP contribution in [0.5, 0.6) is 11.5 Å². The molecule has 0 heterocycles. The zero-order valence-electron chi connectivity index (χ0n) is 13.4. The van der Waals surface area contributed by atoms with Crippen molar-refractivity contribution in [1.82, 2.24) is 5.32 Å². The maximum Gasteiger partial charge on any atom is 0.251 e. The number of amides is 1. The molecule has 0 bridgehead atoms. The molecule has 0 spiro atoms. The molecule has 0 saturated carbocycles. The van der Waals surface area contributed by atoms with Crippen LogP contribution in [0.15, 0.2) is 36.4 Å². The van der Waals surface area contributed by atoms with Crippen molar-refractivity contribution in [1.29, 1.82) is 0 Å². The molecule has 0 aromatic heterocycles. The maximum absolute atomic E-state index is 12.2. The molecule has 0 aliphatic rings. The first-order valence-corrected chi connectivity index (χ1v) is 7.11. The van der Waals surface area contributed by atoms with Gasteiger partial charge in [0.15, 0.2) is 0 Å². The maximum atomic E-state index is 12.2. The monoisotopic (exact) mass is 299 g/mol. The molecule has 0 radical (unpaired) electrons. The average molecular weight is 299 g/mol. The van der Waals surface area contributed by atoms with Gasteiger partial charge in [-0.1, -0.05) is 17.7 Å². The van der Waals surface area contributed by atoms with Gasteiger partial charge < -0.3 is 14.8 Å². The lowest BCUT2D eigenvalue weighted by molar-refractivity contribution is 0.0950. The standard InChI is InChI=1S/C18H21NO3/c1-12-5-7-14(8-6-12)18(20)19-11-15-10-16(21-3)13(2)9-17(15)22-4/h5-10H,11H2,1-4H3,(H,19,20). The van der Waals surface area contributed by atoms with E-state index in [1.807, 2.05) is 50.2 Å². The van der Waals surface area contributed by atoms with Gasteiger partial charge in [-0.15, -0.1) is 0 Å². The van der Waals surface area contributed by atoms with Gasteiger partial charge in [0, 0.05) is 17.7 Å². The zero-order valence-corrected chi connectivity index (χ0v) is 13.4. The average Bonchev–Trinajstić information content (AvgIpc) is 2.53. The van der Waals surface area contributed by atoms with Crippen molar-refractivity contribution in [3.05, 3.63) is 58.7 Å². The highest BCUT2D eigenvalue weighted by molar-refractivity contribution is 5.94. The molecule has 116 valence electrons. The predicted octanol–water partition coefficient (Wildman–Crippen LogP) is 3.25. The number of rotatable bonds is 5. The first-order chi connectivity index (χ1) is 10.5. The van der Waals surface area contributed by atoms with Crippen LogP contribution in [0, 0.1) is 13.8 Å². The molecule has 0 unspecified atom stereocenters. The van der Waals surface area contributed by atoms with Crippen molar-refractivity contribution in [3.63, 3.8) is 0 Å². The normalized spacial score (nSPS) is 10.2. The number of hydrogen-bond acceptors (Lipinski definition) is 3. The Labute approximate surface area is 131 Å². The summed E-state index contributed by atoms with van der Waals surface area (Å²) in [4.78, 5) is 12.2. The van der Waals surface area contributed by atoms with Crippen LogP contribution < -0.4 is 14.8 Å². The van der Waals surface area contributed by atoms with E-state index in [2.05, 4.69) is 5.32 Å². The second-order valence-electron chi connectivity index (χ2n) is 5.18. The van der Waals surface area contributed by atoms with Gasteiger partial charge in [-0.2, -0.15) is 0 Å². The summed E-state index contributed by atoms with van der Waals surface area (Å²) in [6.07, 6.45) is 0. The van der Waals surface area contributed by atoms with Gasteiger partial charge >= 0.3 is 0 Å². The fourth-order valence-electron chi connectivity index (χ4n) is 2.23. The van der Waals surface area contributed by atoms with Crippen molar-refractivity contribution in [2.24, 2.45) is 0 Å². The van der Waals surface area contributed by atoms with E-state index in [9.17, 15) is 4.79 Å². The number of benzene rings is 2. The topological polar surface area (TPSA) is 47.6 Å². The Kier molecular flexibility index (Phi) is 5.04. The lowest BCUT2D eigenvalue weighted by atomic mass is 10.1. The van der Waals surface area contributed by atoms with Gasteiger partial charge in [-0.3, -0.25) is 4.79 Å². The number of carbonyl (C=O) groups excluding carboxylic acids is 1. The first-order valence-electron chi connectivity index (χ1n) is 7.11. The van der Waals surface area contributed by atoms with Crippen LogP contribution >= 0.6 is 0 Å². The van der Waals surface area contributed by atoms with Crippen molar-refractivity contribution in [3.8, 4) is 11.5 Å². The fraction of sp³-hybridized carbons (Fsp3) is 0.278. The number of carbonyl (C=O) groups is 1. The molecule has 22 heavy (non-hydrogen) atoms. The highest BCUT2D eigenvalue weighted by atomic mass is 16.5. The van der Waals surface area contributed by atoms with Crippen LogP contribution in [0.2, 0.25) is 0 Å². The van der Waals surface area contributed by atoms with E-state index in [0.29, 0.717) is 12.1 Å². The van der Waals surface area contributed by atoms with Crippen molar-refractivity contribution >= 4 is 5.91 Å². The summed E-state index contributed by atoms with van der Waals surface area (Å²) < 4.78 is 10.7. The lowest BCUT2D eigenvalue weighted by Gasteiger charge is -2.13. The smallest absolute Gasteiger partial charge is 0.251 e. The van der Waals surface area contributed by atoms with Crippen molar-refractivity contribution in [2.45, 2.75) is 20.4 Å². The summed E-state index contributed by atoms with van der Waals surface area (Å²) in [6, 6.07) is 11.3. The SMILES string of the molecule is COc1cc(CNC(=O)c2ccc(C)cc2)c(OC)cc1C. The Morgan fingerprint density at radius 3 is 2.23 bits per heavy atom. The van der Waals surface area contributed by atoms with Gasteiger partial charge in [-0.05, 0) is 43.7 Å². The summed E-state index contributed by atoms with van der Waals surface area (Å²) in [5, 5.41) is 2.91. The first kappa shape index (κ1) is 15.9. The highest BCUT2D eigenvalue weighted by Gasteiger charge is 2.11. The number of methoxy groups -OCH3 is 2. The quantitative estimate of drug-likeness (QED) is 0.922. The molecule has 1 N–H and O–H groups in total. The van der Waals surface area contributed by atoms with Gasteiger partial charge in [0.25, 0.3) is 5.91 Å². The van der Waals surface area contributed by atoms with E-state index >= 15 is 0 Å². The number of aryl methyl sites for hydroxylation is 2. The molecule has 4 nitrogen and oxygen atoms in total. The summed E-state index contributed by atoms with van der Waals surface area (Å²) in [7, 11) is 3.25. The van der Waals surface area contributed by atoms with Crippen LogP contribution in [0.1, 0.15) is 27.0 Å². The summed E-state index contributed by atoms with van der Waals surface area (Å²) in [5.74, 6) is 1.41. The van der Waals surface area contributed by atoms with Gasteiger partial charge in [0.1, 0.15) is 11.5 Å². The Balaban J connectivity index is 2.13. The van der Waals surface area contributed by atoms with Crippen LogP contribution in [0.3, 0.4) is 0 Å². The molecule has 0 atom stereocenters. The number of nitrogens with one attached hydrogen (secondary N) is 1. The Morgan fingerprint density at radius 2 is 1.64 bits per heavy atom. The van der Waals surface area contributed by atoms with E-state index < -0.39 is 0 Å². The summed E-state index contributed by atoms with van der Waals surface area (Å²) in [5.41, 5.74) is 3.64. The van der Waals surface area contributed by atoms with E-state index in [-0.39, 0.29) is 5.91 Å². The van der Waals surface area contributed by atoms with Crippen LogP contribution in [0.4, 0.5) is 0 Å². The zero-order chi connectivity index (χ0) is 16.1. The van der Waals surface area contributed by atoms with Crippen molar-refractivity contribution < 1.29 is 14.3 Å². The summed E-state index contributed by atoms with van der Waals surface area (Å²) >= 11 is 0.